The van der Waals surface area contributed by atoms with E-state index in [1.807, 2.05) is 13.8 Å². The molecule has 0 aliphatic heterocycles. The Labute approximate surface area is 133 Å². The van der Waals surface area contributed by atoms with Gasteiger partial charge in [-0.2, -0.15) is 0 Å². The third kappa shape index (κ3) is 3.11. The summed E-state index contributed by atoms with van der Waals surface area (Å²) in [5.41, 5.74) is 0.574. The van der Waals surface area contributed by atoms with Crippen molar-refractivity contribution in [2.45, 2.75) is 19.8 Å². The zero-order valence-electron chi connectivity index (χ0n) is 13.4. The molecule has 3 nitrogen and oxygen atoms in total. The van der Waals surface area contributed by atoms with E-state index in [2.05, 4.69) is 5.92 Å². The molecule has 0 spiro atoms. The third-order valence-corrected chi connectivity index (χ3v) is 3.47. The van der Waals surface area contributed by atoms with Crippen molar-refractivity contribution >= 4 is 16.9 Å². The van der Waals surface area contributed by atoms with Crippen LogP contribution in [0, 0.1) is 24.0 Å². The monoisotopic (exact) mass is 317 g/mol. The topological polar surface area (TPSA) is 29.5 Å². The summed E-state index contributed by atoms with van der Waals surface area (Å²) in [6.07, 6.45) is 4.81. The van der Waals surface area contributed by atoms with E-state index in [0.717, 1.165) is 6.07 Å². The maximum Gasteiger partial charge on any atom is 0.414 e. The summed E-state index contributed by atoms with van der Waals surface area (Å²) in [7, 11) is 3.11. The number of terminal acetylenes is 1. The molecule has 5 heteroatoms. The van der Waals surface area contributed by atoms with E-state index in [4.69, 9.17) is 11.2 Å². The highest BCUT2D eigenvalue weighted by Crippen LogP contribution is 2.34. The second-order valence-corrected chi connectivity index (χ2v) is 5.72. The smallest absolute Gasteiger partial charge is 0.410 e. The Kier molecular flexibility index (Phi) is 4.55. The molecule has 0 saturated carbocycles. The van der Waals surface area contributed by atoms with Crippen LogP contribution in [0.2, 0.25) is 0 Å². The number of carbonyl (C=O) groups is 1. The first kappa shape index (κ1) is 16.8. The molecule has 0 aliphatic carbocycles. The molecular weight excluding hydrogens is 300 g/mol. The molecule has 0 atom stereocenters. The average Bonchev–Trinajstić information content (AvgIpc) is 2.47. The van der Waals surface area contributed by atoms with Gasteiger partial charge < -0.3 is 9.64 Å². The minimum Gasteiger partial charge on any atom is -0.410 e. The van der Waals surface area contributed by atoms with Crippen LogP contribution in [0.3, 0.4) is 0 Å². The van der Waals surface area contributed by atoms with Crippen LogP contribution in [0.15, 0.2) is 18.2 Å². The van der Waals surface area contributed by atoms with Crippen LogP contribution in [0.25, 0.3) is 10.8 Å². The number of fused-ring (bicyclic) bond motifs is 1. The molecule has 120 valence electrons. The molecule has 0 bridgehead atoms. The Morgan fingerprint density at radius 3 is 2.43 bits per heavy atom. The standard InChI is InChI=1S/C18H17F2NO2/c1-6-13-16-11(8-15(19)17(13)20)7-12(9-14(16)10(2)3)23-18(22)21(4)5/h1,7-10H,2-5H3. The molecule has 23 heavy (non-hydrogen) atoms. The summed E-state index contributed by atoms with van der Waals surface area (Å²) in [5.74, 6) is 0.386. The van der Waals surface area contributed by atoms with Crippen LogP contribution in [0.1, 0.15) is 30.9 Å². The minimum absolute atomic E-state index is 0.0209. The molecule has 1 amide bonds. The van der Waals surface area contributed by atoms with Gasteiger partial charge >= 0.3 is 6.09 Å². The fourth-order valence-corrected chi connectivity index (χ4v) is 2.33. The molecule has 0 saturated heterocycles. The summed E-state index contributed by atoms with van der Waals surface area (Å²) in [5, 5.41) is 0.857. The Morgan fingerprint density at radius 1 is 1.26 bits per heavy atom. The first-order valence-electron chi connectivity index (χ1n) is 7.07. The first-order chi connectivity index (χ1) is 10.8. The van der Waals surface area contributed by atoms with Gasteiger partial charge in [-0.1, -0.05) is 19.8 Å². The molecule has 0 radical (unpaired) electrons. The fraction of sp³-hybridized carbons (Fsp3) is 0.278. The van der Waals surface area contributed by atoms with E-state index in [1.54, 1.807) is 20.2 Å². The van der Waals surface area contributed by atoms with Crippen molar-refractivity contribution in [1.82, 2.24) is 4.90 Å². The van der Waals surface area contributed by atoms with E-state index in [9.17, 15) is 13.6 Å². The molecule has 2 aromatic carbocycles. The second-order valence-electron chi connectivity index (χ2n) is 5.72. The van der Waals surface area contributed by atoms with Crippen LogP contribution in [-0.2, 0) is 0 Å². The van der Waals surface area contributed by atoms with Crippen LogP contribution in [-0.4, -0.2) is 25.1 Å². The molecule has 0 unspecified atom stereocenters. The van der Waals surface area contributed by atoms with Crippen molar-refractivity contribution < 1.29 is 18.3 Å². The summed E-state index contributed by atoms with van der Waals surface area (Å²) in [6, 6.07) is 4.17. The highest BCUT2D eigenvalue weighted by Gasteiger charge is 2.19. The quantitative estimate of drug-likeness (QED) is 0.774. The number of nitrogens with zero attached hydrogens (tertiary/aromatic N) is 1. The lowest BCUT2D eigenvalue weighted by molar-refractivity contribution is 0.172. The summed E-state index contributed by atoms with van der Waals surface area (Å²) < 4.78 is 33.0. The van der Waals surface area contributed by atoms with Gasteiger partial charge in [0.05, 0.1) is 5.56 Å². The van der Waals surface area contributed by atoms with Gasteiger partial charge in [-0.05, 0) is 35.1 Å². The van der Waals surface area contributed by atoms with Gasteiger partial charge in [0.15, 0.2) is 11.6 Å². The summed E-state index contributed by atoms with van der Waals surface area (Å²) in [4.78, 5) is 13.0. The van der Waals surface area contributed by atoms with Crippen molar-refractivity contribution in [3.05, 3.63) is 41.0 Å². The van der Waals surface area contributed by atoms with Crippen LogP contribution < -0.4 is 4.74 Å². The molecule has 0 fully saturated rings. The highest BCUT2D eigenvalue weighted by molar-refractivity contribution is 5.93. The van der Waals surface area contributed by atoms with Crippen molar-refractivity contribution in [2.75, 3.05) is 14.1 Å². The molecular formula is C18H17F2NO2. The van der Waals surface area contributed by atoms with Gasteiger partial charge in [0.1, 0.15) is 5.75 Å². The van der Waals surface area contributed by atoms with Crippen LogP contribution in [0.5, 0.6) is 5.75 Å². The number of ether oxygens (including phenoxy) is 1. The van der Waals surface area contributed by atoms with E-state index in [1.165, 1.54) is 11.0 Å². The summed E-state index contributed by atoms with van der Waals surface area (Å²) in [6.45, 7) is 3.79. The van der Waals surface area contributed by atoms with Gasteiger partial charge in [0.25, 0.3) is 0 Å². The van der Waals surface area contributed by atoms with Crippen molar-refractivity contribution in [3.8, 4) is 18.1 Å². The van der Waals surface area contributed by atoms with Gasteiger partial charge in [-0.25, -0.2) is 13.6 Å². The molecule has 0 aromatic heterocycles. The fourth-order valence-electron chi connectivity index (χ4n) is 2.33. The van der Waals surface area contributed by atoms with Gasteiger partial charge in [-0.15, -0.1) is 6.42 Å². The zero-order valence-corrected chi connectivity index (χ0v) is 13.4. The lowest BCUT2D eigenvalue weighted by atomic mass is 9.92. The number of amides is 1. The normalized spacial score (nSPS) is 10.7. The van der Waals surface area contributed by atoms with Gasteiger partial charge in [-0.3, -0.25) is 0 Å². The molecule has 0 aliphatic rings. The average molecular weight is 317 g/mol. The Balaban J connectivity index is 2.76. The Hall–Kier alpha value is -2.61. The Morgan fingerprint density at radius 2 is 1.91 bits per heavy atom. The minimum atomic E-state index is -1.04. The third-order valence-electron chi connectivity index (χ3n) is 3.47. The first-order valence-corrected chi connectivity index (χ1v) is 7.07. The molecule has 2 aromatic rings. The molecule has 0 N–H and O–H groups in total. The number of halogens is 2. The zero-order chi connectivity index (χ0) is 17.3. The summed E-state index contributed by atoms with van der Waals surface area (Å²) >= 11 is 0. The second kappa shape index (κ2) is 6.25. The number of benzene rings is 2. The maximum absolute atomic E-state index is 14.0. The lowest BCUT2D eigenvalue weighted by Crippen LogP contribution is -2.25. The predicted molar refractivity (Wildman–Crippen MR) is 85.6 cm³/mol. The number of hydrogen-bond acceptors (Lipinski definition) is 2. The van der Waals surface area contributed by atoms with Gasteiger partial charge in [0, 0.05) is 19.5 Å². The number of hydrogen-bond donors (Lipinski definition) is 0. The van der Waals surface area contributed by atoms with Crippen molar-refractivity contribution in [1.29, 1.82) is 0 Å². The lowest BCUT2D eigenvalue weighted by Gasteiger charge is -2.16. The largest absolute Gasteiger partial charge is 0.414 e. The molecule has 2 rings (SSSR count). The number of carbonyl (C=O) groups excluding carboxylic acids is 1. The van der Waals surface area contributed by atoms with E-state index in [0.29, 0.717) is 16.3 Å². The van der Waals surface area contributed by atoms with Crippen LogP contribution in [0.4, 0.5) is 13.6 Å². The van der Waals surface area contributed by atoms with E-state index >= 15 is 0 Å². The van der Waals surface area contributed by atoms with E-state index < -0.39 is 17.7 Å². The SMILES string of the molecule is C#Cc1c(F)c(F)cc2cc(OC(=O)N(C)C)cc(C(C)C)c12. The number of rotatable bonds is 2. The van der Waals surface area contributed by atoms with Crippen LogP contribution >= 0.6 is 0 Å². The van der Waals surface area contributed by atoms with E-state index in [-0.39, 0.29) is 17.2 Å². The van der Waals surface area contributed by atoms with Crippen molar-refractivity contribution in [2.24, 2.45) is 0 Å². The molecule has 0 heterocycles. The Bertz CT molecular complexity index is 820. The van der Waals surface area contributed by atoms with Gasteiger partial charge in [0.2, 0.25) is 0 Å². The maximum atomic E-state index is 14.0. The predicted octanol–water partition coefficient (Wildman–Crippen LogP) is 4.28. The highest BCUT2D eigenvalue weighted by atomic mass is 19.2. The van der Waals surface area contributed by atoms with Crippen molar-refractivity contribution in [3.63, 3.8) is 0 Å².